The summed E-state index contributed by atoms with van der Waals surface area (Å²) in [5.41, 5.74) is 7.90. The monoisotopic (exact) mass is 221 g/mol. The highest BCUT2D eigenvalue weighted by atomic mass is 16.1. The first-order valence-corrected chi connectivity index (χ1v) is 5.30. The third-order valence-electron chi connectivity index (χ3n) is 2.34. The second-order valence-electron chi connectivity index (χ2n) is 4.13. The SMILES string of the molecule is Cc1cc(N)ccc1C(=O)NCCN(C)C. The van der Waals surface area contributed by atoms with Gasteiger partial charge < -0.3 is 16.0 Å². The zero-order chi connectivity index (χ0) is 12.1. The lowest BCUT2D eigenvalue weighted by atomic mass is 10.1. The van der Waals surface area contributed by atoms with Gasteiger partial charge in [0.2, 0.25) is 0 Å². The van der Waals surface area contributed by atoms with E-state index >= 15 is 0 Å². The molecular formula is C12H19N3O. The first-order chi connectivity index (χ1) is 7.50. The van der Waals surface area contributed by atoms with Crippen LogP contribution < -0.4 is 11.1 Å². The van der Waals surface area contributed by atoms with Crippen molar-refractivity contribution in [3.63, 3.8) is 0 Å². The maximum atomic E-state index is 11.8. The minimum Gasteiger partial charge on any atom is -0.399 e. The Hall–Kier alpha value is -1.55. The van der Waals surface area contributed by atoms with Crippen molar-refractivity contribution in [3.05, 3.63) is 29.3 Å². The van der Waals surface area contributed by atoms with Crippen molar-refractivity contribution in [2.24, 2.45) is 0 Å². The number of anilines is 1. The van der Waals surface area contributed by atoms with Crippen LogP contribution in [-0.2, 0) is 0 Å². The van der Waals surface area contributed by atoms with Gasteiger partial charge in [0.15, 0.2) is 0 Å². The van der Waals surface area contributed by atoms with E-state index < -0.39 is 0 Å². The molecule has 16 heavy (non-hydrogen) atoms. The minimum atomic E-state index is -0.0423. The van der Waals surface area contributed by atoms with Crippen molar-refractivity contribution in [1.82, 2.24) is 10.2 Å². The largest absolute Gasteiger partial charge is 0.399 e. The molecule has 0 aromatic heterocycles. The first-order valence-electron chi connectivity index (χ1n) is 5.30. The molecule has 1 aromatic carbocycles. The average Bonchev–Trinajstić information content (AvgIpc) is 2.16. The number of nitrogens with two attached hydrogens (primary N) is 1. The van der Waals surface area contributed by atoms with Gasteiger partial charge in [0.1, 0.15) is 0 Å². The Morgan fingerprint density at radius 1 is 1.44 bits per heavy atom. The molecule has 0 saturated carbocycles. The molecule has 3 N–H and O–H groups in total. The summed E-state index contributed by atoms with van der Waals surface area (Å²) in [4.78, 5) is 13.8. The van der Waals surface area contributed by atoms with Gasteiger partial charge in [-0.2, -0.15) is 0 Å². The highest BCUT2D eigenvalue weighted by Crippen LogP contribution is 2.11. The molecule has 0 heterocycles. The van der Waals surface area contributed by atoms with Gasteiger partial charge in [0.05, 0.1) is 0 Å². The molecule has 0 fully saturated rings. The molecule has 0 radical (unpaired) electrons. The number of likely N-dealkylation sites (N-methyl/N-ethyl adjacent to an activating group) is 1. The van der Waals surface area contributed by atoms with Crippen LogP contribution in [0.15, 0.2) is 18.2 Å². The molecule has 0 aliphatic rings. The van der Waals surface area contributed by atoms with E-state index in [1.165, 1.54) is 0 Å². The van der Waals surface area contributed by atoms with Crippen LogP contribution in [0.5, 0.6) is 0 Å². The van der Waals surface area contributed by atoms with E-state index in [1.807, 2.05) is 25.9 Å². The molecule has 0 unspecified atom stereocenters. The number of hydrogen-bond donors (Lipinski definition) is 2. The number of benzene rings is 1. The molecule has 0 spiro atoms. The van der Waals surface area contributed by atoms with E-state index in [1.54, 1.807) is 18.2 Å². The second-order valence-corrected chi connectivity index (χ2v) is 4.13. The van der Waals surface area contributed by atoms with Crippen LogP contribution in [0, 0.1) is 6.92 Å². The van der Waals surface area contributed by atoms with Gasteiger partial charge in [0, 0.05) is 24.3 Å². The maximum absolute atomic E-state index is 11.8. The minimum absolute atomic E-state index is 0.0423. The molecule has 0 aliphatic carbocycles. The Morgan fingerprint density at radius 3 is 2.69 bits per heavy atom. The van der Waals surface area contributed by atoms with Crippen LogP contribution in [0.4, 0.5) is 5.69 Å². The molecule has 4 nitrogen and oxygen atoms in total. The average molecular weight is 221 g/mol. The summed E-state index contributed by atoms with van der Waals surface area (Å²) in [5, 5.41) is 2.87. The summed E-state index contributed by atoms with van der Waals surface area (Å²) >= 11 is 0. The molecule has 1 amide bonds. The van der Waals surface area contributed by atoms with Crippen molar-refractivity contribution < 1.29 is 4.79 Å². The number of nitrogens with zero attached hydrogens (tertiary/aromatic N) is 1. The normalized spacial score (nSPS) is 10.5. The number of carbonyl (C=O) groups is 1. The number of hydrogen-bond acceptors (Lipinski definition) is 3. The van der Waals surface area contributed by atoms with Crippen LogP contribution in [0.25, 0.3) is 0 Å². The molecule has 0 saturated heterocycles. The molecule has 1 rings (SSSR count). The van der Waals surface area contributed by atoms with Crippen LogP contribution >= 0.6 is 0 Å². The fraction of sp³-hybridized carbons (Fsp3) is 0.417. The number of amides is 1. The van der Waals surface area contributed by atoms with Crippen LogP contribution in [0.2, 0.25) is 0 Å². The van der Waals surface area contributed by atoms with E-state index in [2.05, 4.69) is 5.32 Å². The molecule has 1 aromatic rings. The Morgan fingerprint density at radius 2 is 2.12 bits per heavy atom. The molecule has 0 atom stereocenters. The van der Waals surface area contributed by atoms with Gasteiger partial charge in [-0.1, -0.05) is 0 Å². The Balaban J connectivity index is 2.59. The van der Waals surface area contributed by atoms with Crippen LogP contribution in [-0.4, -0.2) is 38.0 Å². The van der Waals surface area contributed by atoms with E-state index in [0.29, 0.717) is 17.8 Å². The summed E-state index contributed by atoms with van der Waals surface area (Å²) in [6.45, 7) is 3.37. The van der Waals surface area contributed by atoms with Crippen molar-refractivity contribution in [3.8, 4) is 0 Å². The Bertz CT molecular complexity index is 375. The van der Waals surface area contributed by atoms with Crippen molar-refractivity contribution in [2.45, 2.75) is 6.92 Å². The molecule has 0 bridgehead atoms. The number of rotatable bonds is 4. The summed E-state index contributed by atoms with van der Waals surface area (Å²) in [6, 6.07) is 5.31. The zero-order valence-electron chi connectivity index (χ0n) is 10.1. The van der Waals surface area contributed by atoms with E-state index in [4.69, 9.17) is 5.73 Å². The fourth-order valence-corrected chi connectivity index (χ4v) is 1.43. The van der Waals surface area contributed by atoms with Gasteiger partial charge in [-0.25, -0.2) is 0 Å². The molecule has 0 aliphatic heterocycles. The standard InChI is InChI=1S/C12H19N3O/c1-9-8-10(13)4-5-11(9)12(16)14-6-7-15(2)3/h4-5,8H,6-7,13H2,1-3H3,(H,14,16). The van der Waals surface area contributed by atoms with Crippen LogP contribution in [0.3, 0.4) is 0 Å². The number of carbonyl (C=O) groups excluding carboxylic acids is 1. The Labute approximate surface area is 96.4 Å². The molecular weight excluding hydrogens is 202 g/mol. The summed E-state index contributed by atoms with van der Waals surface area (Å²) < 4.78 is 0. The third-order valence-corrected chi connectivity index (χ3v) is 2.34. The summed E-state index contributed by atoms with van der Waals surface area (Å²) in [6.07, 6.45) is 0. The van der Waals surface area contributed by atoms with Crippen LogP contribution in [0.1, 0.15) is 15.9 Å². The number of nitrogen functional groups attached to an aromatic ring is 1. The first kappa shape index (κ1) is 12.5. The predicted octanol–water partition coefficient (Wildman–Crippen LogP) is 0.869. The number of nitrogens with one attached hydrogen (secondary N) is 1. The quantitative estimate of drug-likeness (QED) is 0.742. The van der Waals surface area contributed by atoms with E-state index in [0.717, 1.165) is 12.1 Å². The summed E-state index contributed by atoms with van der Waals surface area (Å²) in [7, 11) is 3.95. The molecule has 4 heteroatoms. The highest BCUT2D eigenvalue weighted by molar-refractivity contribution is 5.95. The van der Waals surface area contributed by atoms with Crippen molar-refractivity contribution in [1.29, 1.82) is 0 Å². The zero-order valence-corrected chi connectivity index (χ0v) is 10.1. The smallest absolute Gasteiger partial charge is 0.251 e. The van der Waals surface area contributed by atoms with Crippen molar-refractivity contribution in [2.75, 3.05) is 32.9 Å². The second kappa shape index (κ2) is 5.51. The fourth-order valence-electron chi connectivity index (χ4n) is 1.43. The van der Waals surface area contributed by atoms with Gasteiger partial charge >= 0.3 is 0 Å². The van der Waals surface area contributed by atoms with Gasteiger partial charge in [-0.15, -0.1) is 0 Å². The number of aryl methyl sites for hydroxylation is 1. The predicted molar refractivity (Wildman–Crippen MR) is 66.5 cm³/mol. The van der Waals surface area contributed by atoms with Gasteiger partial charge in [-0.3, -0.25) is 4.79 Å². The Kier molecular flexibility index (Phi) is 4.31. The molecule has 88 valence electrons. The lowest BCUT2D eigenvalue weighted by molar-refractivity contribution is 0.0950. The van der Waals surface area contributed by atoms with Gasteiger partial charge in [0.25, 0.3) is 5.91 Å². The maximum Gasteiger partial charge on any atom is 0.251 e. The lowest BCUT2D eigenvalue weighted by Crippen LogP contribution is -2.31. The topological polar surface area (TPSA) is 58.4 Å². The highest BCUT2D eigenvalue weighted by Gasteiger charge is 2.07. The lowest BCUT2D eigenvalue weighted by Gasteiger charge is -2.11. The van der Waals surface area contributed by atoms with Gasteiger partial charge in [-0.05, 0) is 44.8 Å². The van der Waals surface area contributed by atoms with E-state index in [-0.39, 0.29) is 5.91 Å². The van der Waals surface area contributed by atoms with E-state index in [9.17, 15) is 4.79 Å². The third kappa shape index (κ3) is 3.55. The summed E-state index contributed by atoms with van der Waals surface area (Å²) in [5.74, 6) is -0.0423. The van der Waals surface area contributed by atoms with Crippen molar-refractivity contribution >= 4 is 11.6 Å².